The van der Waals surface area contributed by atoms with Crippen LogP contribution in [0.25, 0.3) is 10.1 Å². The molecule has 0 nitrogen and oxygen atoms in total. The Balaban J connectivity index is 0.000000200. The molecule has 0 bridgehead atoms. The SMILES string of the molecule is FS(F)(F)(F)(F)C#Cc1cscc1Br.FS(F)(F)(F)(F)c1cc2cscc2s1. The third-order valence-corrected chi connectivity index (χ3v) is 8.58. The Labute approximate surface area is 171 Å². The fourth-order valence-corrected chi connectivity index (χ4v) is 6.08. The van der Waals surface area contributed by atoms with Crippen molar-refractivity contribution >= 4 is 80.5 Å². The van der Waals surface area contributed by atoms with Crippen molar-refractivity contribution in [3.05, 3.63) is 37.6 Å². The molecular formula is C12H5BrF10S5. The molecule has 0 spiro atoms. The molecule has 3 aromatic rings. The van der Waals surface area contributed by atoms with Crippen LogP contribution in [0.4, 0.5) is 38.9 Å². The quantitative estimate of drug-likeness (QED) is 0.199. The molecule has 3 rings (SSSR count). The molecule has 16 heteroatoms. The van der Waals surface area contributed by atoms with Crippen molar-refractivity contribution in [2.45, 2.75) is 4.21 Å². The van der Waals surface area contributed by atoms with Crippen LogP contribution in [0.2, 0.25) is 0 Å². The Kier molecular flexibility index (Phi) is 4.87. The minimum atomic E-state index is -9.60. The van der Waals surface area contributed by atoms with Crippen LogP contribution in [0.1, 0.15) is 5.56 Å². The van der Waals surface area contributed by atoms with Crippen LogP contribution in [0.3, 0.4) is 0 Å². The van der Waals surface area contributed by atoms with E-state index in [9.17, 15) is 38.9 Å². The summed E-state index contributed by atoms with van der Waals surface area (Å²) in [5.74, 6) is 1.40. The highest BCUT2D eigenvalue weighted by atomic mass is 79.9. The van der Waals surface area contributed by atoms with Crippen LogP contribution in [0.5, 0.6) is 0 Å². The fourth-order valence-electron chi connectivity index (χ4n) is 1.46. The van der Waals surface area contributed by atoms with E-state index in [1.807, 2.05) is 0 Å². The molecule has 0 radical (unpaired) electrons. The summed E-state index contributed by atoms with van der Waals surface area (Å²) in [4.78, 5) is 0. The molecule has 0 atom stereocenters. The highest BCUT2D eigenvalue weighted by molar-refractivity contribution is 9.10. The first-order chi connectivity index (χ1) is 12.0. The van der Waals surface area contributed by atoms with Crippen LogP contribution < -0.4 is 0 Å². The zero-order valence-corrected chi connectivity index (χ0v) is 18.3. The Morgan fingerprint density at radius 3 is 1.79 bits per heavy atom. The van der Waals surface area contributed by atoms with E-state index in [1.165, 1.54) is 38.8 Å². The lowest BCUT2D eigenvalue weighted by Gasteiger charge is -2.38. The Bertz CT molecular complexity index is 1060. The van der Waals surface area contributed by atoms with Crippen LogP contribution in [-0.4, -0.2) is 0 Å². The zero-order chi connectivity index (χ0) is 21.8. The van der Waals surface area contributed by atoms with Gasteiger partial charge in [-0.15, -0.1) is 22.7 Å². The zero-order valence-electron chi connectivity index (χ0n) is 12.6. The van der Waals surface area contributed by atoms with Gasteiger partial charge in [0.25, 0.3) is 0 Å². The fraction of sp³-hybridized carbons (Fsp3) is 0. The Morgan fingerprint density at radius 2 is 1.36 bits per heavy atom. The largest absolute Gasteiger partial charge is 0.345 e. The van der Waals surface area contributed by atoms with E-state index in [4.69, 9.17) is 0 Å². The first kappa shape index (κ1) is 23.7. The van der Waals surface area contributed by atoms with Crippen molar-refractivity contribution in [1.82, 2.24) is 0 Å². The summed E-state index contributed by atoms with van der Waals surface area (Å²) in [6.07, 6.45) is 0. The van der Waals surface area contributed by atoms with Crippen molar-refractivity contribution in [1.29, 1.82) is 0 Å². The van der Waals surface area contributed by atoms with Crippen molar-refractivity contribution < 1.29 is 38.9 Å². The smallest absolute Gasteiger partial charge is 0.150 e. The second kappa shape index (κ2) is 5.76. The monoisotopic (exact) mass is 578 g/mol. The lowest BCUT2D eigenvalue weighted by Crippen LogP contribution is -2.02. The molecule has 0 fully saturated rings. The molecule has 3 aromatic heterocycles. The lowest BCUT2D eigenvalue weighted by molar-refractivity contribution is 0.367. The van der Waals surface area contributed by atoms with Gasteiger partial charge in [-0.1, -0.05) is 38.9 Å². The Hall–Kier alpha value is -0.600. The summed E-state index contributed by atoms with van der Waals surface area (Å²) < 4.78 is 119. The minimum Gasteiger partial charge on any atom is -0.150 e. The summed E-state index contributed by atoms with van der Waals surface area (Å²) >= 11 is 5.23. The van der Waals surface area contributed by atoms with E-state index in [1.54, 1.807) is 0 Å². The highest BCUT2D eigenvalue weighted by Crippen LogP contribution is 3.03. The first-order valence-electron chi connectivity index (χ1n) is 6.22. The van der Waals surface area contributed by atoms with Gasteiger partial charge in [-0.2, -0.15) is 11.3 Å². The van der Waals surface area contributed by atoms with Gasteiger partial charge in [0.2, 0.25) is 0 Å². The molecular weight excluding hydrogens is 574 g/mol. The van der Waals surface area contributed by atoms with E-state index in [-0.39, 0.29) is 36.7 Å². The molecule has 3 heterocycles. The van der Waals surface area contributed by atoms with Crippen LogP contribution >= 0.6 is 70.4 Å². The van der Waals surface area contributed by atoms with Crippen LogP contribution in [0.15, 0.2) is 36.3 Å². The average Bonchev–Trinajstić information content (AvgIpc) is 3.06. The maximum absolute atomic E-state index is 12.3. The average molecular weight is 579 g/mol. The maximum Gasteiger partial charge on any atom is 0.345 e. The molecule has 0 N–H and O–H groups in total. The summed E-state index contributed by atoms with van der Waals surface area (Å²) in [5, 5.41) is 5.90. The normalized spacial score (nSPS) is 17.2. The first-order valence-corrected chi connectivity index (χ1v) is 13.6. The topological polar surface area (TPSA) is 0 Å². The standard InChI is InChI=1S/C6H2BrF5S2.C6H3F5S3/c7-6-4-13-3-5(6)1-2-14(8,9,10,11)12;7-14(8,9,10,11)6-1-4-2-12-3-5(4)13-6/h3-4H;1-3H. The van der Waals surface area contributed by atoms with Gasteiger partial charge in [-0.25, -0.2) is 0 Å². The number of rotatable bonds is 1. The minimum absolute atomic E-state index is 0.0942. The van der Waals surface area contributed by atoms with Gasteiger partial charge in [-0.3, -0.25) is 0 Å². The van der Waals surface area contributed by atoms with Crippen molar-refractivity contribution in [3.63, 3.8) is 0 Å². The summed E-state index contributed by atoms with van der Waals surface area (Å²) in [7, 11) is -19.1. The second-order valence-corrected chi connectivity index (χ2v) is 13.3. The predicted molar refractivity (Wildman–Crippen MR) is 103 cm³/mol. The van der Waals surface area contributed by atoms with Gasteiger partial charge < -0.3 is 0 Å². The Morgan fingerprint density at radius 1 is 0.786 bits per heavy atom. The van der Waals surface area contributed by atoms with Gasteiger partial charge in [0, 0.05) is 30.7 Å². The second-order valence-electron chi connectivity index (χ2n) is 5.06. The molecule has 0 aromatic carbocycles. The van der Waals surface area contributed by atoms with Gasteiger partial charge >= 0.3 is 20.4 Å². The molecule has 0 unspecified atom stereocenters. The molecule has 160 valence electrons. The van der Waals surface area contributed by atoms with Crippen molar-refractivity contribution in [2.24, 2.45) is 0 Å². The molecule has 0 aliphatic rings. The van der Waals surface area contributed by atoms with Gasteiger partial charge in [0.15, 0.2) is 4.21 Å². The lowest BCUT2D eigenvalue weighted by atomic mass is 10.4. The summed E-state index contributed by atoms with van der Waals surface area (Å²) in [6.45, 7) is 0. The van der Waals surface area contributed by atoms with Crippen LogP contribution in [0, 0.1) is 11.2 Å². The van der Waals surface area contributed by atoms with Gasteiger partial charge in [0.1, 0.15) is 0 Å². The molecule has 0 saturated carbocycles. The van der Waals surface area contributed by atoms with E-state index in [0.29, 0.717) is 6.07 Å². The number of fused-ring (bicyclic) bond motifs is 1. The van der Waals surface area contributed by atoms with E-state index >= 15 is 0 Å². The third kappa shape index (κ3) is 7.34. The molecule has 0 amide bonds. The van der Waals surface area contributed by atoms with Gasteiger partial charge in [-0.05, 0) is 33.3 Å². The van der Waals surface area contributed by atoms with Crippen LogP contribution in [-0.2, 0) is 0 Å². The predicted octanol–water partition coefficient (Wildman–Crippen LogP) is 10.7. The molecule has 0 aliphatic carbocycles. The maximum atomic E-state index is 12.3. The molecule has 28 heavy (non-hydrogen) atoms. The summed E-state index contributed by atoms with van der Waals surface area (Å²) in [5.41, 5.74) is -0.0942. The molecule has 0 aliphatic heterocycles. The van der Waals surface area contributed by atoms with Gasteiger partial charge in [0.05, 0.1) is 10.8 Å². The number of thiophene rings is 3. The number of hydrogen-bond acceptors (Lipinski definition) is 3. The van der Waals surface area contributed by atoms with Crippen molar-refractivity contribution in [3.8, 4) is 11.2 Å². The highest BCUT2D eigenvalue weighted by Gasteiger charge is 2.66. The van der Waals surface area contributed by atoms with E-state index in [0.717, 1.165) is 11.3 Å². The van der Waals surface area contributed by atoms with Crippen molar-refractivity contribution in [2.75, 3.05) is 0 Å². The number of halogens is 11. The number of hydrogen-bond donors (Lipinski definition) is 0. The van der Waals surface area contributed by atoms with E-state index in [2.05, 4.69) is 15.9 Å². The third-order valence-electron chi connectivity index (χ3n) is 2.51. The van der Waals surface area contributed by atoms with E-state index < -0.39 is 24.7 Å². The summed E-state index contributed by atoms with van der Waals surface area (Å²) in [6, 6.07) is 0.512. The molecule has 0 saturated heterocycles.